The molecule has 0 unspecified atom stereocenters. The number of aromatic nitrogens is 1. The number of hydrazone groups is 1. The number of rotatable bonds is 6. The van der Waals surface area contributed by atoms with E-state index in [1.165, 1.54) is 6.20 Å². The molecule has 3 rings (SSSR count). The van der Waals surface area contributed by atoms with Gasteiger partial charge in [0.15, 0.2) is 0 Å². The number of carbonyl (C=O) groups is 1. The fourth-order valence-corrected chi connectivity index (χ4v) is 4.51. The van der Waals surface area contributed by atoms with Crippen LogP contribution in [0.4, 0.5) is 0 Å². The van der Waals surface area contributed by atoms with E-state index < -0.39 is 0 Å². The van der Waals surface area contributed by atoms with Gasteiger partial charge in [-0.25, -0.2) is 5.43 Å². The first kappa shape index (κ1) is 21.0. The smallest absolute Gasteiger partial charge is 0.272 e. The maximum absolute atomic E-state index is 12.0. The Kier molecular flexibility index (Phi) is 7.63. The SMILES string of the molecule is O=C(N/N=C/c1cc(I)c(OCc2ccc(Cl)cc2)c(I)c1)c1cccnc1. The van der Waals surface area contributed by atoms with Gasteiger partial charge in [0, 0.05) is 17.4 Å². The summed E-state index contributed by atoms with van der Waals surface area (Å²) in [5.41, 5.74) is 4.85. The number of halogens is 3. The van der Waals surface area contributed by atoms with Gasteiger partial charge >= 0.3 is 0 Å². The summed E-state index contributed by atoms with van der Waals surface area (Å²) in [5.74, 6) is 0.504. The van der Waals surface area contributed by atoms with Gasteiger partial charge in [-0.3, -0.25) is 9.78 Å². The highest BCUT2D eigenvalue weighted by molar-refractivity contribution is 14.1. The molecular formula is C20H14ClI2N3O2. The standard InChI is InChI=1S/C20H14ClI2N3O2/c21-16-5-3-13(4-6-16)12-28-19-17(22)8-14(9-18(19)23)10-25-26-20(27)15-2-1-7-24-11-15/h1-11H,12H2,(H,26,27)/b25-10+. The largest absolute Gasteiger partial charge is 0.487 e. The van der Waals surface area contributed by atoms with Crippen LogP contribution in [-0.4, -0.2) is 17.1 Å². The molecule has 1 amide bonds. The van der Waals surface area contributed by atoms with Gasteiger partial charge in [0.05, 0.1) is 18.9 Å². The first-order chi connectivity index (χ1) is 13.5. The van der Waals surface area contributed by atoms with Gasteiger partial charge in [0.25, 0.3) is 5.91 Å². The van der Waals surface area contributed by atoms with Crippen molar-refractivity contribution in [2.75, 3.05) is 0 Å². The molecule has 0 aliphatic carbocycles. The summed E-state index contributed by atoms with van der Waals surface area (Å²) in [7, 11) is 0. The summed E-state index contributed by atoms with van der Waals surface area (Å²) in [5, 5.41) is 4.72. The summed E-state index contributed by atoms with van der Waals surface area (Å²) >= 11 is 10.4. The molecule has 0 saturated carbocycles. The number of pyridine rings is 1. The van der Waals surface area contributed by atoms with Gasteiger partial charge < -0.3 is 4.74 Å². The van der Waals surface area contributed by atoms with E-state index in [0.717, 1.165) is 24.0 Å². The summed E-state index contributed by atoms with van der Waals surface area (Å²) in [6, 6.07) is 14.8. The van der Waals surface area contributed by atoms with Crippen molar-refractivity contribution in [3.63, 3.8) is 0 Å². The van der Waals surface area contributed by atoms with E-state index in [0.29, 0.717) is 17.2 Å². The number of hydrogen-bond donors (Lipinski definition) is 1. The number of carbonyl (C=O) groups excluding carboxylic acids is 1. The lowest BCUT2D eigenvalue weighted by molar-refractivity contribution is 0.0955. The lowest BCUT2D eigenvalue weighted by Gasteiger charge is -2.11. The highest BCUT2D eigenvalue weighted by Gasteiger charge is 2.09. The fourth-order valence-electron chi connectivity index (χ4n) is 2.26. The van der Waals surface area contributed by atoms with E-state index in [1.54, 1.807) is 24.5 Å². The Balaban J connectivity index is 1.64. The number of nitrogens with one attached hydrogen (secondary N) is 1. The summed E-state index contributed by atoms with van der Waals surface area (Å²) in [6.45, 7) is 0.456. The maximum atomic E-state index is 12.0. The van der Waals surface area contributed by atoms with Gasteiger partial charge in [-0.05, 0) is 92.7 Å². The zero-order valence-electron chi connectivity index (χ0n) is 14.4. The van der Waals surface area contributed by atoms with Gasteiger partial charge in [0.1, 0.15) is 12.4 Å². The van der Waals surface area contributed by atoms with E-state index >= 15 is 0 Å². The molecule has 0 spiro atoms. The van der Waals surface area contributed by atoms with Crippen molar-refractivity contribution in [3.05, 3.63) is 89.8 Å². The Morgan fingerprint density at radius 3 is 2.54 bits per heavy atom. The van der Waals surface area contributed by atoms with Crippen molar-refractivity contribution >= 4 is 68.9 Å². The second-order valence-electron chi connectivity index (χ2n) is 5.67. The highest BCUT2D eigenvalue weighted by atomic mass is 127. The molecular weight excluding hydrogens is 603 g/mol. The van der Waals surface area contributed by atoms with Crippen molar-refractivity contribution < 1.29 is 9.53 Å². The molecule has 0 bridgehead atoms. The molecule has 2 aromatic carbocycles. The van der Waals surface area contributed by atoms with Gasteiger partial charge in [-0.15, -0.1) is 0 Å². The Morgan fingerprint density at radius 1 is 1.18 bits per heavy atom. The predicted octanol–water partition coefficient (Wildman–Crippen LogP) is 5.29. The molecule has 0 aliphatic heterocycles. The van der Waals surface area contributed by atoms with Crippen LogP contribution in [0, 0.1) is 7.14 Å². The molecule has 1 N–H and O–H groups in total. The first-order valence-electron chi connectivity index (χ1n) is 8.12. The van der Waals surface area contributed by atoms with Crippen molar-refractivity contribution in [3.8, 4) is 5.75 Å². The van der Waals surface area contributed by atoms with Crippen LogP contribution in [0.2, 0.25) is 5.02 Å². The molecule has 0 radical (unpaired) electrons. The third kappa shape index (κ3) is 5.89. The van der Waals surface area contributed by atoms with Gasteiger partial charge in [-0.2, -0.15) is 5.10 Å². The van der Waals surface area contributed by atoms with E-state index in [2.05, 4.69) is 60.7 Å². The minimum absolute atomic E-state index is 0.309. The van der Waals surface area contributed by atoms with E-state index in [-0.39, 0.29) is 5.91 Å². The molecule has 0 saturated heterocycles. The predicted molar refractivity (Wildman–Crippen MR) is 127 cm³/mol. The second-order valence-corrected chi connectivity index (χ2v) is 8.43. The number of benzene rings is 2. The minimum atomic E-state index is -0.309. The van der Waals surface area contributed by atoms with Crippen molar-refractivity contribution in [1.82, 2.24) is 10.4 Å². The minimum Gasteiger partial charge on any atom is -0.487 e. The van der Waals surface area contributed by atoms with Crippen LogP contribution >= 0.6 is 56.8 Å². The van der Waals surface area contributed by atoms with Crippen LogP contribution < -0.4 is 10.2 Å². The number of nitrogens with zero attached hydrogens (tertiary/aromatic N) is 2. The molecule has 142 valence electrons. The average molecular weight is 618 g/mol. The molecule has 5 nitrogen and oxygen atoms in total. The second kappa shape index (κ2) is 10.2. The van der Waals surface area contributed by atoms with Crippen LogP contribution in [0.5, 0.6) is 5.75 Å². The zero-order chi connectivity index (χ0) is 19.9. The molecule has 0 atom stereocenters. The van der Waals surface area contributed by atoms with E-state index in [4.69, 9.17) is 16.3 Å². The van der Waals surface area contributed by atoms with Gasteiger partial charge in [0.2, 0.25) is 0 Å². The monoisotopic (exact) mass is 617 g/mol. The Bertz CT molecular complexity index is 973. The lowest BCUT2D eigenvalue weighted by Crippen LogP contribution is -2.17. The normalized spacial score (nSPS) is 10.8. The molecule has 1 aromatic heterocycles. The summed E-state index contributed by atoms with van der Waals surface area (Å²) in [6.07, 6.45) is 4.70. The van der Waals surface area contributed by atoms with Crippen LogP contribution in [0.25, 0.3) is 0 Å². The molecule has 1 heterocycles. The zero-order valence-corrected chi connectivity index (χ0v) is 19.5. The fraction of sp³-hybridized carbons (Fsp3) is 0.0500. The molecule has 0 aliphatic rings. The molecule has 28 heavy (non-hydrogen) atoms. The maximum Gasteiger partial charge on any atom is 0.272 e. The number of amides is 1. The Morgan fingerprint density at radius 2 is 1.89 bits per heavy atom. The number of hydrogen-bond acceptors (Lipinski definition) is 4. The van der Waals surface area contributed by atoms with Crippen molar-refractivity contribution in [1.29, 1.82) is 0 Å². The van der Waals surface area contributed by atoms with Crippen molar-refractivity contribution in [2.45, 2.75) is 6.61 Å². The van der Waals surface area contributed by atoms with Crippen LogP contribution in [-0.2, 0) is 6.61 Å². The molecule has 8 heteroatoms. The van der Waals surface area contributed by atoms with E-state index in [9.17, 15) is 4.79 Å². The van der Waals surface area contributed by atoms with Crippen LogP contribution in [0.1, 0.15) is 21.5 Å². The number of ether oxygens (including phenoxy) is 1. The van der Waals surface area contributed by atoms with Crippen LogP contribution in [0.15, 0.2) is 66.0 Å². The first-order valence-corrected chi connectivity index (χ1v) is 10.7. The topological polar surface area (TPSA) is 63.6 Å². The highest BCUT2D eigenvalue weighted by Crippen LogP contribution is 2.29. The van der Waals surface area contributed by atoms with E-state index in [1.807, 2.05) is 36.4 Å². The summed E-state index contributed by atoms with van der Waals surface area (Å²) in [4.78, 5) is 15.9. The van der Waals surface area contributed by atoms with Crippen LogP contribution in [0.3, 0.4) is 0 Å². The Hall–Kier alpha value is -1.72. The lowest BCUT2D eigenvalue weighted by atomic mass is 10.2. The molecule has 3 aromatic rings. The quantitative estimate of drug-likeness (QED) is 0.233. The molecule has 0 fully saturated rings. The average Bonchev–Trinajstić information content (AvgIpc) is 2.69. The Labute approximate surface area is 194 Å². The van der Waals surface area contributed by atoms with Crippen molar-refractivity contribution in [2.24, 2.45) is 5.10 Å². The summed E-state index contributed by atoms with van der Waals surface area (Å²) < 4.78 is 7.88. The van der Waals surface area contributed by atoms with Gasteiger partial charge in [-0.1, -0.05) is 23.7 Å². The third-order valence-electron chi connectivity index (χ3n) is 3.62. The third-order valence-corrected chi connectivity index (χ3v) is 5.48.